The first-order valence-corrected chi connectivity index (χ1v) is 8.38. The third-order valence-electron chi connectivity index (χ3n) is 4.40. The molecule has 3 nitrogen and oxygen atoms in total. The molecule has 0 bridgehead atoms. The van der Waals surface area contributed by atoms with Crippen LogP contribution in [-0.4, -0.2) is 18.5 Å². The molecule has 1 saturated heterocycles. The quantitative estimate of drug-likeness (QED) is 0.908. The molecule has 1 fully saturated rings. The van der Waals surface area contributed by atoms with Crippen LogP contribution in [-0.2, 0) is 11.2 Å². The number of amides is 1. The van der Waals surface area contributed by atoms with E-state index in [-0.39, 0.29) is 11.9 Å². The number of halogens is 1. The highest BCUT2D eigenvalue weighted by atomic mass is 35.5. The van der Waals surface area contributed by atoms with Gasteiger partial charge in [0.1, 0.15) is 0 Å². The lowest BCUT2D eigenvalue weighted by atomic mass is 10.0. The maximum atomic E-state index is 11.2. The van der Waals surface area contributed by atoms with Gasteiger partial charge >= 0.3 is 0 Å². The van der Waals surface area contributed by atoms with Gasteiger partial charge in [-0.3, -0.25) is 4.79 Å². The summed E-state index contributed by atoms with van der Waals surface area (Å²) in [5.41, 5.74) is 9.04. The van der Waals surface area contributed by atoms with Gasteiger partial charge in [-0.25, -0.2) is 0 Å². The Bertz CT molecular complexity index is 667. The molecule has 0 radical (unpaired) electrons. The summed E-state index contributed by atoms with van der Waals surface area (Å²) in [5, 5.41) is 0.763. The van der Waals surface area contributed by atoms with Crippen molar-refractivity contribution in [2.45, 2.75) is 31.7 Å². The molecule has 2 aromatic carbocycles. The SMILES string of the molecule is NC(=O)C[C@@H]1CCCN1c1ccc(Cc2ccc(Cl)cc2)cc1. The van der Waals surface area contributed by atoms with E-state index in [4.69, 9.17) is 17.3 Å². The van der Waals surface area contributed by atoms with E-state index in [2.05, 4.69) is 41.3 Å². The van der Waals surface area contributed by atoms with Gasteiger partial charge in [0.25, 0.3) is 0 Å². The minimum Gasteiger partial charge on any atom is -0.370 e. The van der Waals surface area contributed by atoms with Gasteiger partial charge in [0.2, 0.25) is 5.91 Å². The number of anilines is 1. The highest BCUT2D eigenvalue weighted by Crippen LogP contribution is 2.28. The van der Waals surface area contributed by atoms with Crippen LogP contribution < -0.4 is 10.6 Å². The normalized spacial score (nSPS) is 17.4. The Morgan fingerprint density at radius 2 is 1.70 bits per heavy atom. The lowest BCUT2D eigenvalue weighted by Gasteiger charge is -2.26. The molecule has 120 valence electrons. The van der Waals surface area contributed by atoms with Gasteiger partial charge in [-0.15, -0.1) is 0 Å². The van der Waals surface area contributed by atoms with Crippen LogP contribution in [0.3, 0.4) is 0 Å². The monoisotopic (exact) mass is 328 g/mol. The van der Waals surface area contributed by atoms with Crippen molar-refractivity contribution in [2.75, 3.05) is 11.4 Å². The number of nitrogens with two attached hydrogens (primary N) is 1. The second-order valence-electron chi connectivity index (χ2n) is 6.13. The summed E-state index contributed by atoms with van der Waals surface area (Å²) >= 11 is 5.92. The number of carbonyl (C=O) groups is 1. The lowest BCUT2D eigenvalue weighted by Crippen LogP contribution is -2.33. The average Bonchev–Trinajstić information content (AvgIpc) is 2.98. The Balaban J connectivity index is 1.69. The van der Waals surface area contributed by atoms with Gasteiger partial charge in [0.15, 0.2) is 0 Å². The van der Waals surface area contributed by atoms with E-state index < -0.39 is 0 Å². The molecule has 2 N–H and O–H groups in total. The molecule has 0 unspecified atom stereocenters. The van der Waals surface area contributed by atoms with Crippen LogP contribution >= 0.6 is 11.6 Å². The van der Waals surface area contributed by atoms with Crippen LogP contribution in [0.4, 0.5) is 5.69 Å². The molecule has 0 aliphatic carbocycles. The van der Waals surface area contributed by atoms with Crippen molar-refractivity contribution in [3.8, 4) is 0 Å². The highest BCUT2D eigenvalue weighted by molar-refractivity contribution is 6.30. The number of rotatable bonds is 5. The van der Waals surface area contributed by atoms with Crippen molar-refractivity contribution in [2.24, 2.45) is 5.73 Å². The van der Waals surface area contributed by atoms with Gasteiger partial charge in [0, 0.05) is 29.7 Å². The van der Waals surface area contributed by atoms with Gasteiger partial charge < -0.3 is 10.6 Å². The fraction of sp³-hybridized carbons (Fsp3) is 0.316. The van der Waals surface area contributed by atoms with Gasteiger partial charge in [0.05, 0.1) is 0 Å². The predicted molar refractivity (Wildman–Crippen MR) is 94.9 cm³/mol. The first-order chi connectivity index (χ1) is 11.1. The molecule has 1 aliphatic rings. The molecule has 23 heavy (non-hydrogen) atoms. The zero-order chi connectivity index (χ0) is 16.2. The van der Waals surface area contributed by atoms with E-state index in [0.29, 0.717) is 6.42 Å². The summed E-state index contributed by atoms with van der Waals surface area (Å²) in [7, 11) is 0. The molecular formula is C19H21ClN2O. The molecule has 1 heterocycles. The fourth-order valence-corrected chi connectivity index (χ4v) is 3.39. The van der Waals surface area contributed by atoms with Gasteiger partial charge in [-0.2, -0.15) is 0 Å². The summed E-state index contributed by atoms with van der Waals surface area (Å²) in [4.78, 5) is 13.5. The van der Waals surface area contributed by atoms with Crippen LogP contribution in [0.25, 0.3) is 0 Å². The molecule has 0 aromatic heterocycles. The van der Waals surface area contributed by atoms with Crippen LogP contribution in [0.2, 0.25) is 5.02 Å². The molecule has 1 atom stereocenters. The Hall–Kier alpha value is -2.00. The standard InChI is InChI=1S/C19H21ClN2O/c20-16-7-3-14(4-8-16)12-15-5-9-17(10-6-15)22-11-1-2-18(22)13-19(21)23/h3-10,18H,1-2,11-13H2,(H2,21,23)/t18-/m0/s1. The minimum atomic E-state index is -0.221. The Morgan fingerprint density at radius 3 is 2.30 bits per heavy atom. The summed E-state index contributed by atoms with van der Waals surface area (Å²) in [6.45, 7) is 0.995. The molecule has 1 aliphatic heterocycles. The van der Waals surface area contributed by atoms with Crippen molar-refractivity contribution in [3.05, 3.63) is 64.7 Å². The van der Waals surface area contributed by atoms with Crippen LogP contribution in [0, 0.1) is 0 Å². The first kappa shape index (κ1) is 15.9. The van der Waals surface area contributed by atoms with Crippen molar-refractivity contribution in [3.63, 3.8) is 0 Å². The van der Waals surface area contributed by atoms with E-state index in [0.717, 1.165) is 30.8 Å². The second-order valence-corrected chi connectivity index (χ2v) is 6.57. The highest BCUT2D eigenvalue weighted by Gasteiger charge is 2.25. The number of carbonyl (C=O) groups excluding carboxylic acids is 1. The van der Waals surface area contributed by atoms with Crippen molar-refractivity contribution >= 4 is 23.2 Å². The maximum Gasteiger partial charge on any atom is 0.219 e. The van der Waals surface area contributed by atoms with Crippen LogP contribution in [0.15, 0.2) is 48.5 Å². The molecule has 1 amide bonds. The summed E-state index contributed by atoms with van der Waals surface area (Å²) in [6, 6.07) is 16.8. The van der Waals surface area contributed by atoms with E-state index in [9.17, 15) is 4.79 Å². The zero-order valence-electron chi connectivity index (χ0n) is 13.0. The fourth-order valence-electron chi connectivity index (χ4n) is 3.26. The average molecular weight is 329 g/mol. The van der Waals surface area contributed by atoms with Crippen LogP contribution in [0.1, 0.15) is 30.4 Å². The van der Waals surface area contributed by atoms with Crippen molar-refractivity contribution < 1.29 is 4.79 Å². The Kier molecular flexibility index (Phi) is 4.87. The first-order valence-electron chi connectivity index (χ1n) is 8.00. The molecular weight excluding hydrogens is 308 g/mol. The zero-order valence-corrected chi connectivity index (χ0v) is 13.8. The Labute approximate surface area is 142 Å². The van der Waals surface area contributed by atoms with Crippen molar-refractivity contribution in [1.82, 2.24) is 0 Å². The number of nitrogens with zero attached hydrogens (tertiary/aromatic N) is 1. The Morgan fingerprint density at radius 1 is 1.09 bits per heavy atom. The molecule has 2 aromatic rings. The predicted octanol–water partition coefficient (Wildman–Crippen LogP) is 3.78. The summed E-state index contributed by atoms with van der Waals surface area (Å²) in [5.74, 6) is -0.221. The minimum absolute atomic E-state index is 0.221. The summed E-state index contributed by atoms with van der Waals surface area (Å²) in [6.07, 6.45) is 3.48. The molecule has 0 spiro atoms. The molecule has 0 saturated carbocycles. The molecule has 3 rings (SSSR count). The smallest absolute Gasteiger partial charge is 0.219 e. The number of primary amides is 1. The second kappa shape index (κ2) is 7.05. The van der Waals surface area contributed by atoms with E-state index in [1.807, 2.05) is 12.1 Å². The molecule has 4 heteroatoms. The van der Waals surface area contributed by atoms with E-state index in [1.165, 1.54) is 16.8 Å². The van der Waals surface area contributed by atoms with Gasteiger partial charge in [-0.1, -0.05) is 35.9 Å². The third kappa shape index (κ3) is 4.05. The van der Waals surface area contributed by atoms with Crippen LogP contribution in [0.5, 0.6) is 0 Å². The third-order valence-corrected chi connectivity index (χ3v) is 4.66. The maximum absolute atomic E-state index is 11.2. The van der Waals surface area contributed by atoms with Gasteiger partial charge in [-0.05, 0) is 54.7 Å². The number of hydrogen-bond acceptors (Lipinski definition) is 2. The summed E-state index contributed by atoms with van der Waals surface area (Å²) < 4.78 is 0. The van der Waals surface area contributed by atoms with E-state index in [1.54, 1.807) is 0 Å². The largest absolute Gasteiger partial charge is 0.370 e. The van der Waals surface area contributed by atoms with Crippen molar-refractivity contribution in [1.29, 1.82) is 0 Å². The lowest BCUT2D eigenvalue weighted by molar-refractivity contribution is -0.118. The number of hydrogen-bond donors (Lipinski definition) is 1. The topological polar surface area (TPSA) is 46.3 Å². The number of benzene rings is 2. The van der Waals surface area contributed by atoms with E-state index >= 15 is 0 Å².